The van der Waals surface area contributed by atoms with Crippen LogP contribution in [0.25, 0.3) is 0 Å². The molecular formula is C19H23ClN2O4S. The molecule has 0 bridgehead atoms. The topological polar surface area (TPSA) is 84.5 Å². The maximum atomic E-state index is 12.6. The van der Waals surface area contributed by atoms with Crippen LogP contribution in [-0.2, 0) is 14.8 Å². The summed E-state index contributed by atoms with van der Waals surface area (Å²) >= 11 is 6.13. The first-order valence-corrected chi connectivity index (χ1v) is 10.5. The molecule has 0 heterocycles. The van der Waals surface area contributed by atoms with Crippen molar-refractivity contribution in [2.24, 2.45) is 0 Å². The third-order valence-electron chi connectivity index (χ3n) is 3.78. The molecule has 146 valence electrons. The predicted molar refractivity (Wildman–Crippen MR) is 105 cm³/mol. The fourth-order valence-electron chi connectivity index (χ4n) is 2.34. The van der Waals surface area contributed by atoms with Crippen molar-refractivity contribution in [3.63, 3.8) is 0 Å². The Labute approximate surface area is 164 Å². The van der Waals surface area contributed by atoms with E-state index in [1.165, 1.54) is 18.2 Å². The minimum atomic E-state index is -3.76. The van der Waals surface area contributed by atoms with Crippen molar-refractivity contribution in [2.75, 3.05) is 13.2 Å². The van der Waals surface area contributed by atoms with Gasteiger partial charge in [0.1, 0.15) is 5.75 Å². The minimum absolute atomic E-state index is 0.0260. The Bertz CT molecular complexity index is 873. The predicted octanol–water partition coefficient (Wildman–Crippen LogP) is 3.28. The second kappa shape index (κ2) is 9.73. The number of halogens is 1. The molecule has 0 aliphatic rings. The van der Waals surface area contributed by atoms with E-state index in [1.54, 1.807) is 6.92 Å². The zero-order chi connectivity index (χ0) is 19.9. The van der Waals surface area contributed by atoms with Gasteiger partial charge in [0.25, 0.3) is 5.91 Å². The van der Waals surface area contributed by atoms with Crippen molar-refractivity contribution in [3.05, 3.63) is 59.1 Å². The Morgan fingerprint density at radius 3 is 2.52 bits per heavy atom. The molecule has 0 radical (unpaired) electrons. The largest absolute Gasteiger partial charge is 0.482 e. The van der Waals surface area contributed by atoms with E-state index in [2.05, 4.69) is 10.0 Å². The van der Waals surface area contributed by atoms with E-state index in [4.69, 9.17) is 16.3 Å². The molecule has 0 spiro atoms. The first-order valence-electron chi connectivity index (χ1n) is 8.60. The average molecular weight is 411 g/mol. The maximum Gasteiger partial charge on any atom is 0.257 e. The summed E-state index contributed by atoms with van der Waals surface area (Å²) in [5.41, 5.74) is 0.852. The summed E-state index contributed by atoms with van der Waals surface area (Å²) < 4.78 is 33.2. The first kappa shape index (κ1) is 21.2. The van der Waals surface area contributed by atoms with Crippen LogP contribution in [0.15, 0.2) is 53.4 Å². The summed E-state index contributed by atoms with van der Waals surface area (Å²) in [7, 11) is -3.76. The van der Waals surface area contributed by atoms with E-state index in [-0.39, 0.29) is 28.2 Å². The van der Waals surface area contributed by atoms with Gasteiger partial charge in [-0.15, -0.1) is 0 Å². The number of hydrogen-bond acceptors (Lipinski definition) is 4. The van der Waals surface area contributed by atoms with Gasteiger partial charge in [-0.2, -0.15) is 0 Å². The molecule has 8 heteroatoms. The maximum absolute atomic E-state index is 12.6. The molecule has 27 heavy (non-hydrogen) atoms. The van der Waals surface area contributed by atoms with Crippen LogP contribution in [-0.4, -0.2) is 27.5 Å². The number of hydrogen-bond donors (Lipinski definition) is 2. The lowest BCUT2D eigenvalue weighted by Gasteiger charge is -2.15. The van der Waals surface area contributed by atoms with Crippen molar-refractivity contribution in [1.29, 1.82) is 0 Å². The number of benzene rings is 2. The van der Waals surface area contributed by atoms with Crippen LogP contribution in [0, 0.1) is 0 Å². The average Bonchev–Trinajstić information content (AvgIpc) is 2.65. The molecule has 1 amide bonds. The van der Waals surface area contributed by atoms with E-state index in [9.17, 15) is 13.2 Å². The van der Waals surface area contributed by atoms with Crippen molar-refractivity contribution >= 4 is 27.5 Å². The van der Waals surface area contributed by atoms with Crippen LogP contribution < -0.4 is 14.8 Å². The lowest BCUT2D eigenvalue weighted by molar-refractivity contribution is -0.123. The van der Waals surface area contributed by atoms with Gasteiger partial charge in [-0.25, -0.2) is 13.1 Å². The van der Waals surface area contributed by atoms with Crippen LogP contribution in [0.4, 0.5) is 0 Å². The van der Waals surface area contributed by atoms with Crippen molar-refractivity contribution in [3.8, 4) is 5.75 Å². The van der Waals surface area contributed by atoms with Gasteiger partial charge in [-0.05, 0) is 37.1 Å². The van der Waals surface area contributed by atoms with Crippen LogP contribution in [0.2, 0.25) is 5.02 Å². The lowest BCUT2D eigenvalue weighted by atomic mass is 10.1. The summed E-state index contributed by atoms with van der Waals surface area (Å²) in [6.07, 6.45) is 0.827. The van der Waals surface area contributed by atoms with Gasteiger partial charge in [0.15, 0.2) is 6.61 Å². The number of carbonyl (C=O) groups is 1. The molecule has 0 fully saturated rings. The van der Waals surface area contributed by atoms with Crippen molar-refractivity contribution < 1.29 is 17.9 Å². The number of amides is 1. The smallest absolute Gasteiger partial charge is 0.257 e. The number of sulfonamides is 1. The molecule has 0 saturated heterocycles. The van der Waals surface area contributed by atoms with Crippen LogP contribution in [0.1, 0.15) is 31.9 Å². The Morgan fingerprint density at radius 1 is 1.19 bits per heavy atom. The summed E-state index contributed by atoms with van der Waals surface area (Å²) in [5.74, 6) is -0.0126. The number of carbonyl (C=O) groups excluding carboxylic acids is 1. The Morgan fingerprint density at radius 2 is 1.89 bits per heavy atom. The highest BCUT2D eigenvalue weighted by Gasteiger charge is 2.20. The third-order valence-corrected chi connectivity index (χ3v) is 5.61. The number of rotatable bonds is 9. The van der Waals surface area contributed by atoms with Gasteiger partial charge in [0.05, 0.1) is 9.92 Å². The molecule has 6 nitrogen and oxygen atoms in total. The van der Waals surface area contributed by atoms with Gasteiger partial charge < -0.3 is 10.1 Å². The standard InChI is InChI=1S/C19H23ClN2O4S/c1-3-11-21-19(23)13-26-18-10-9-16(12-17(18)20)27(24,25)22-14(2)15-7-5-4-6-8-15/h4-10,12,14,22H,3,11,13H2,1-2H3,(H,21,23)/t14-/m0/s1. The summed E-state index contributed by atoms with van der Waals surface area (Å²) in [6.45, 7) is 4.10. The molecule has 0 saturated carbocycles. The Balaban J connectivity index is 2.05. The van der Waals surface area contributed by atoms with Gasteiger partial charge in [-0.3, -0.25) is 4.79 Å². The van der Waals surface area contributed by atoms with E-state index in [1.807, 2.05) is 37.3 Å². The molecule has 2 aromatic carbocycles. The molecule has 2 N–H and O–H groups in total. The van der Waals surface area contributed by atoms with Gasteiger partial charge in [-0.1, -0.05) is 48.9 Å². The summed E-state index contributed by atoms with van der Waals surface area (Å²) in [5, 5.41) is 2.80. The van der Waals surface area contributed by atoms with Gasteiger partial charge >= 0.3 is 0 Å². The third kappa shape index (κ3) is 6.23. The SMILES string of the molecule is CCCNC(=O)COc1ccc(S(=O)(=O)N[C@@H](C)c2ccccc2)cc1Cl. The second-order valence-corrected chi connectivity index (χ2v) is 8.11. The molecule has 0 aliphatic heterocycles. The highest BCUT2D eigenvalue weighted by Crippen LogP contribution is 2.28. The molecule has 0 aliphatic carbocycles. The molecule has 2 rings (SSSR count). The minimum Gasteiger partial charge on any atom is -0.482 e. The zero-order valence-corrected chi connectivity index (χ0v) is 16.8. The Hall–Kier alpha value is -2.09. The van der Waals surface area contributed by atoms with E-state index in [0.29, 0.717) is 6.54 Å². The van der Waals surface area contributed by atoms with Gasteiger partial charge in [0.2, 0.25) is 10.0 Å². The number of ether oxygens (including phenoxy) is 1. The van der Waals surface area contributed by atoms with Gasteiger partial charge in [0, 0.05) is 12.6 Å². The van der Waals surface area contributed by atoms with Crippen LogP contribution in [0.5, 0.6) is 5.75 Å². The fraction of sp³-hybridized carbons (Fsp3) is 0.316. The molecule has 2 aromatic rings. The zero-order valence-electron chi connectivity index (χ0n) is 15.2. The van der Waals surface area contributed by atoms with E-state index in [0.717, 1.165) is 12.0 Å². The highest BCUT2D eigenvalue weighted by molar-refractivity contribution is 7.89. The highest BCUT2D eigenvalue weighted by atomic mass is 35.5. The molecule has 0 unspecified atom stereocenters. The first-order chi connectivity index (χ1) is 12.8. The normalized spacial score (nSPS) is 12.4. The van der Waals surface area contributed by atoms with Crippen molar-refractivity contribution in [1.82, 2.24) is 10.0 Å². The van der Waals surface area contributed by atoms with Crippen molar-refractivity contribution in [2.45, 2.75) is 31.2 Å². The van der Waals surface area contributed by atoms with E-state index < -0.39 is 16.1 Å². The van der Waals surface area contributed by atoms with Crippen LogP contribution in [0.3, 0.4) is 0 Å². The van der Waals surface area contributed by atoms with E-state index >= 15 is 0 Å². The second-order valence-electron chi connectivity index (χ2n) is 5.98. The summed E-state index contributed by atoms with van der Waals surface area (Å²) in [6, 6.07) is 13.0. The van der Waals surface area contributed by atoms with Crippen LogP contribution >= 0.6 is 11.6 Å². The molecule has 0 aromatic heterocycles. The fourth-order valence-corrected chi connectivity index (χ4v) is 3.89. The molecular weight excluding hydrogens is 388 g/mol. The quantitative estimate of drug-likeness (QED) is 0.664. The monoisotopic (exact) mass is 410 g/mol. The number of nitrogens with one attached hydrogen (secondary N) is 2. The molecule has 1 atom stereocenters. The Kier molecular flexibility index (Phi) is 7.65. The summed E-state index contributed by atoms with van der Waals surface area (Å²) in [4.78, 5) is 11.6. The lowest BCUT2D eigenvalue weighted by Crippen LogP contribution is -2.29.